The number of likely N-dealkylation sites (N-methyl/N-ethyl adjacent to an activating group) is 1. The molecule has 0 N–H and O–H groups in total. The lowest BCUT2D eigenvalue weighted by molar-refractivity contribution is -0.116. The largest absolute Gasteiger partial charge is 0.335 e. The Morgan fingerprint density at radius 2 is 1.71 bits per heavy atom. The Morgan fingerprint density at radius 3 is 2.39 bits per heavy atom. The van der Waals surface area contributed by atoms with E-state index in [1.807, 2.05) is 34.1 Å². The van der Waals surface area contributed by atoms with Crippen LogP contribution in [0.15, 0.2) is 36.5 Å². The molecule has 2 amide bonds. The second-order valence-corrected chi connectivity index (χ2v) is 7.65. The predicted molar refractivity (Wildman–Crippen MR) is 109 cm³/mol. The third-order valence-electron chi connectivity index (χ3n) is 5.68. The van der Waals surface area contributed by atoms with Gasteiger partial charge in [-0.3, -0.25) is 14.6 Å². The number of pyridine rings is 1. The maximum Gasteiger partial charge on any atom is 0.272 e. The Kier molecular flexibility index (Phi) is 5.13. The number of carbonyl (C=O) groups excluding carboxylic acids is 2. The molecule has 4 rings (SSSR count). The quantitative estimate of drug-likeness (QED) is 0.805. The van der Waals surface area contributed by atoms with Crippen LogP contribution in [0.1, 0.15) is 29.4 Å². The van der Waals surface area contributed by atoms with Gasteiger partial charge in [-0.1, -0.05) is 12.1 Å². The summed E-state index contributed by atoms with van der Waals surface area (Å²) in [7, 11) is 2.07. The molecule has 28 heavy (non-hydrogen) atoms. The molecule has 0 aliphatic carbocycles. The summed E-state index contributed by atoms with van der Waals surface area (Å²) in [5.74, 6) is 0.0873. The number of aryl methyl sites for hydroxylation is 1. The molecule has 6 heteroatoms. The van der Waals surface area contributed by atoms with Crippen LogP contribution >= 0.6 is 0 Å². The fourth-order valence-electron chi connectivity index (χ4n) is 3.97. The van der Waals surface area contributed by atoms with Gasteiger partial charge in [0.15, 0.2) is 0 Å². The van der Waals surface area contributed by atoms with Gasteiger partial charge in [0, 0.05) is 57.1 Å². The van der Waals surface area contributed by atoms with E-state index in [1.54, 1.807) is 13.1 Å². The minimum Gasteiger partial charge on any atom is -0.335 e. The van der Waals surface area contributed by atoms with Crippen molar-refractivity contribution in [3.05, 3.63) is 47.8 Å². The van der Waals surface area contributed by atoms with Crippen molar-refractivity contribution in [1.82, 2.24) is 14.8 Å². The van der Waals surface area contributed by atoms with Crippen molar-refractivity contribution < 1.29 is 9.59 Å². The molecule has 3 heterocycles. The van der Waals surface area contributed by atoms with Crippen molar-refractivity contribution in [3.8, 4) is 11.1 Å². The van der Waals surface area contributed by atoms with E-state index in [2.05, 4.69) is 23.0 Å². The average molecular weight is 378 g/mol. The van der Waals surface area contributed by atoms with Gasteiger partial charge >= 0.3 is 0 Å². The van der Waals surface area contributed by atoms with Gasteiger partial charge in [0.05, 0.1) is 0 Å². The number of benzene rings is 1. The fraction of sp³-hybridized carbons (Fsp3) is 0.409. The van der Waals surface area contributed by atoms with Crippen LogP contribution in [0, 0.1) is 0 Å². The standard InChI is InChI=1S/C22H26N4O2/c1-16(27)26-9-3-4-18-14-17(6-8-21(18)26)19-5-7-20(23-15-19)22(28)25-12-10-24(2)11-13-25/h5-8,14-15H,3-4,9-13H2,1-2H3. The number of anilines is 1. The molecule has 1 saturated heterocycles. The van der Waals surface area contributed by atoms with Gasteiger partial charge in [-0.2, -0.15) is 0 Å². The highest BCUT2D eigenvalue weighted by Gasteiger charge is 2.22. The van der Waals surface area contributed by atoms with Gasteiger partial charge in [-0.05, 0) is 49.2 Å². The Bertz CT molecular complexity index is 886. The lowest BCUT2D eigenvalue weighted by Crippen LogP contribution is -2.47. The minimum absolute atomic E-state index is 0.00203. The van der Waals surface area contributed by atoms with Crippen molar-refractivity contribution in [2.24, 2.45) is 0 Å². The third-order valence-corrected chi connectivity index (χ3v) is 5.68. The van der Waals surface area contributed by atoms with Crippen LogP contribution in [0.25, 0.3) is 11.1 Å². The summed E-state index contributed by atoms with van der Waals surface area (Å²) >= 11 is 0. The van der Waals surface area contributed by atoms with Crippen LogP contribution < -0.4 is 4.90 Å². The molecule has 2 aromatic rings. The monoisotopic (exact) mass is 378 g/mol. The van der Waals surface area contributed by atoms with Gasteiger partial charge in [0.2, 0.25) is 5.91 Å². The molecule has 1 aromatic heterocycles. The Balaban J connectivity index is 1.53. The lowest BCUT2D eigenvalue weighted by Gasteiger charge is -2.32. The zero-order chi connectivity index (χ0) is 19.7. The van der Waals surface area contributed by atoms with E-state index in [-0.39, 0.29) is 11.8 Å². The van der Waals surface area contributed by atoms with Gasteiger partial charge < -0.3 is 14.7 Å². The summed E-state index contributed by atoms with van der Waals surface area (Å²) in [4.78, 5) is 34.9. The predicted octanol–water partition coefficient (Wildman–Crippen LogP) is 2.44. The normalized spacial score (nSPS) is 17.4. The van der Waals surface area contributed by atoms with E-state index in [1.165, 1.54) is 5.56 Å². The number of fused-ring (bicyclic) bond motifs is 1. The van der Waals surface area contributed by atoms with Crippen LogP contribution in [0.2, 0.25) is 0 Å². The van der Waals surface area contributed by atoms with E-state index in [0.29, 0.717) is 5.69 Å². The number of piperazine rings is 1. The van der Waals surface area contributed by atoms with Gasteiger partial charge in [-0.25, -0.2) is 0 Å². The van der Waals surface area contributed by atoms with E-state index >= 15 is 0 Å². The third kappa shape index (κ3) is 3.64. The highest BCUT2D eigenvalue weighted by molar-refractivity contribution is 5.94. The summed E-state index contributed by atoms with van der Waals surface area (Å²) < 4.78 is 0. The first-order chi connectivity index (χ1) is 13.5. The molecule has 146 valence electrons. The molecule has 0 radical (unpaired) electrons. The summed E-state index contributed by atoms with van der Waals surface area (Å²) in [6.07, 6.45) is 3.73. The molecule has 0 saturated carbocycles. The Morgan fingerprint density at radius 1 is 0.964 bits per heavy atom. The van der Waals surface area contributed by atoms with Crippen LogP contribution in [0.5, 0.6) is 0 Å². The van der Waals surface area contributed by atoms with Crippen LogP contribution in [0.4, 0.5) is 5.69 Å². The summed E-state index contributed by atoms with van der Waals surface area (Å²) in [5, 5.41) is 0. The molecule has 0 spiro atoms. The van der Waals surface area contributed by atoms with Crippen molar-refractivity contribution in [2.45, 2.75) is 19.8 Å². The maximum absolute atomic E-state index is 12.7. The van der Waals surface area contributed by atoms with Gasteiger partial charge in [0.25, 0.3) is 5.91 Å². The van der Waals surface area contributed by atoms with Crippen LogP contribution in [-0.2, 0) is 11.2 Å². The Hall–Kier alpha value is -2.73. The van der Waals surface area contributed by atoms with Crippen LogP contribution in [0.3, 0.4) is 0 Å². The first-order valence-corrected chi connectivity index (χ1v) is 9.88. The number of carbonyl (C=O) groups is 2. The molecule has 2 aliphatic rings. The van der Waals surface area contributed by atoms with E-state index in [0.717, 1.165) is 62.4 Å². The highest BCUT2D eigenvalue weighted by Crippen LogP contribution is 2.31. The lowest BCUT2D eigenvalue weighted by atomic mass is 9.96. The second kappa shape index (κ2) is 7.72. The van der Waals surface area contributed by atoms with Crippen molar-refractivity contribution in [3.63, 3.8) is 0 Å². The van der Waals surface area contributed by atoms with Crippen molar-refractivity contribution >= 4 is 17.5 Å². The molecule has 1 aromatic carbocycles. The number of aromatic nitrogens is 1. The van der Waals surface area contributed by atoms with Crippen molar-refractivity contribution in [2.75, 3.05) is 44.7 Å². The van der Waals surface area contributed by atoms with E-state index in [4.69, 9.17) is 0 Å². The molecule has 2 aliphatic heterocycles. The zero-order valence-electron chi connectivity index (χ0n) is 16.5. The first kappa shape index (κ1) is 18.6. The van der Waals surface area contributed by atoms with Crippen LogP contribution in [-0.4, -0.2) is 66.4 Å². The first-order valence-electron chi connectivity index (χ1n) is 9.88. The SMILES string of the molecule is CC(=O)N1CCCc2cc(-c3ccc(C(=O)N4CCN(C)CC4)nc3)ccc21. The van der Waals surface area contributed by atoms with Gasteiger partial charge in [-0.15, -0.1) is 0 Å². The number of nitrogens with zero attached hydrogens (tertiary/aromatic N) is 4. The maximum atomic E-state index is 12.7. The number of hydrogen-bond donors (Lipinski definition) is 0. The van der Waals surface area contributed by atoms with Crippen molar-refractivity contribution in [1.29, 1.82) is 0 Å². The highest BCUT2D eigenvalue weighted by atomic mass is 16.2. The molecular weight excluding hydrogens is 352 g/mol. The summed E-state index contributed by atoms with van der Waals surface area (Å²) in [5.41, 5.74) is 4.75. The molecule has 0 bridgehead atoms. The number of rotatable bonds is 2. The minimum atomic E-state index is 0.00203. The van der Waals surface area contributed by atoms with Gasteiger partial charge in [0.1, 0.15) is 5.69 Å². The molecule has 6 nitrogen and oxygen atoms in total. The molecule has 1 fully saturated rings. The average Bonchev–Trinajstić information content (AvgIpc) is 2.73. The molecule has 0 unspecified atom stereocenters. The van der Waals surface area contributed by atoms with E-state index < -0.39 is 0 Å². The topological polar surface area (TPSA) is 56.8 Å². The van der Waals surface area contributed by atoms with E-state index in [9.17, 15) is 9.59 Å². The number of amides is 2. The fourth-order valence-corrected chi connectivity index (χ4v) is 3.97. The second-order valence-electron chi connectivity index (χ2n) is 7.65. The molecule has 0 atom stereocenters. The Labute approximate surface area is 165 Å². The smallest absolute Gasteiger partial charge is 0.272 e. The summed E-state index contributed by atoms with van der Waals surface area (Å²) in [6, 6.07) is 9.97. The zero-order valence-corrected chi connectivity index (χ0v) is 16.5. The molecular formula is C22H26N4O2. The summed E-state index contributed by atoms with van der Waals surface area (Å²) in [6.45, 7) is 5.69. The number of hydrogen-bond acceptors (Lipinski definition) is 4.